The number of nitrogens with one attached hydrogen (secondary N) is 1. The van der Waals surface area contributed by atoms with Crippen molar-refractivity contribution in [2.75, 3.05) is 18.5 Å². The molecule has 138 valence electrons. The SMILES string of the molecule is CCOc1cc(NC(=O)c2cc(Br)ccc2F)c([N+](=O)[O-])cc1OCC. The maximum absolute atomic E-state index is 13.9. The summed E-state index contributed by atoms with van der Waals surface area (Å²) in [6.07, 6.45) is 0. The van der Waals surface area contributed by atoms with Crippen molar-refractivity contribution in [3.8, 4) is 11.5 Å². The van der Waals surface area contributed by atoms with E-state index in [2.05, 4.69) is 21.2 Å². The number of nitrogens with zero attached hydrogens (tertiary/aromatic N) is 1. The Morgan fingerprint density at radius 1 is 1.19 bits per heavy atom. The Kier molecular flexibility index (Phi) is 6.51. The first kappa shape index (κ1) is 19.6. The third-order valence-electron chi connectivity index (χ3n) is 3.28. The second-order valence-electron chi connectivity index (χ2n) is 5.02. The molecule has 0 saturated heterocycles. The van der Waals surface area contributed by atoms with Crippen LogP contribution in [0.4, 0.5) is 15.8 Å². The summed E-state index contributed by atoms with van der Waals surface area (Å²) in [6, 6.07) is 6.31. The van der Waals surface area contributed by atoms with Crippen LogP contribution in [0.25, 0.3) is 0 Å². The molecule has 1 N–H and O–H groups in total. The largest absolute Gasteiger partial charge is 0.490 e. The van der Waals surface area contributed by atoms with Gasteiger partial charge in [0.2, 0.25) is 0 Å². The molecule has 2 rings (SSSR count). The fourth-order valence-electron chi connectivity index (χ4n) is 2.20. The van der Waals surface area contributed by atoms with E-state index < -0.39 is 16.6 Å². The van der Waals surface area contributed by atoms with Gasteiger partial charge in [-0.3, -0.25) is 14.9 Å². The third-order valence-corrected chi connectivity index (χ3v) is 3.77. The highest BCUT2D eigenvalue weighted by atomic mass is 79.9. The van der Waals surface area contributed by atoms with E-state index in [4.69, 9.17) is 9.47 Å². The number of anilines is 1. The average Bonchev–Trinajstić information content (AvgIpc) is 2.59. The van der Waals surface area contributed by atoms with Crippen LogP contribution < -0.4 is 14.8 Å². The molecule has 2 aromatic carbocycles. The summed E-state index contributed by atoms with van der Waals surface area (Å²) in [5.41, 5.74) is -0.757. The quantitative estimate of drug-likeness (QED) is 0.517. The molecule has 0 fully saturated rings. The van der Waals surface area contributed by atoms with E-state index >= 15 is 0 Å². The molecule has 0 heterocycles. The van der Waals surface area contributed by atoms with E-state index in [1.807, 2.05) is 0 Å². The van der Waals surface area contributed by atoms with Gasteiger partial charge in [0.15, 0.2) is 11.5 Å². The van der Waals surface area contributed by atoms with Crippen molar-refractivity contribution in [3.05, 3.63) is 56.3 Å². The van der Waals surface area contributed by atoms with Gasteiger partial charge in [0.05, 0.1) is 29.8 Å². The second-order valence-corrected chi connectivity index (χ2v) is 5.93. The number of nitro benzene ring substituents is 1. The van der Waals surface area contributed by atoms with Gasteiger partial charge in [0.25, 0.3) is 11.6 Å². The molecule has 26 heavy (non-hydrogen) atoms. The summed E-state index contributed by atoms with van der Waals surface area (Å²) < 4.78 is 25.2. The predicted octanol–water partition coefficient (Wildman–Crippen LogP) is 4.55. The summed E-state index contributed by atoms with van der Waals surface area (Å²) in [5, 5.41) is 13.7. The van der Waals surface area contributed by atoms with E-state index in [-0.39, 0.29) is 35.0 Å². The Labute approximate surface area is 157 Å². The van der Waals surface area contributed by atoms with Crippen molar-refractivity contribution >= 4 is 33.2 Å². The molecule has 0 atom stereocenters. The van der Waals surface area contributed by atoms with Crippen LogP contribution in [0.1, 0.15) is 24.2 Å². The molecule has 9 heteroatoms. The average molecular weight is 427 g/mol. The van der Waals surface area contributed by atoms with E-state index in [1.165, 1.54) is 24.3 Å². The zero-order valence-electron chi connectivity index (χ0n) is 14.0. The van der Waals surface area contributed by atoms with E-state index in [1.54, 1.807) is 13.8 Å². The molecule has 0 aliphatic carbocycles. The number of amides is 1. The third kappa shape index (κ3) is 4.48. The first-order valence-electron chi connectivity index (χ1n) is 7.71. The summed E-state index contributed by atoms with van der Waals surface area (Å²) in [4.78, 5) is 23.1. The number of carbonyl (C=O) groups excluding carboxylic acids is 1. The fourth-order valence-corrected chi connectivity index (χ4v) is 2.56. The number of benzene rings is 2. The van der Waals surface area contributed by atoms with Gasteiger partial charge in [0, 0.05) is 10.5 Å². The molecule has 1 amide bonds. The number of halogens is 2. The number of ether oxygens (including phenoxy) is 2. The van der Waals surface area contributed by atoms with Gasteiger partial charge < -0.3 is 14.8 Å². The van der Waals surface area contributed by atoms with Crippen LogP contribution in [-0.2, 0) is 0 Å². The first-order chi connectivity index (χ1) is 12.4. The van der Waals surface area contributed by atoms with Gasteiger partial charge in [-0.05, 0) is 32.0 Å². The molecule has 0 radical (unpaired) electrons. The minimum atomic E-state index is -0.821. The highest BCUT2D eigenvalue weighted by Crippen LogP contribution is 2.38. The number of rotatable bonds is 7. The molecule has 2 aromatic rings. The van der Waals surface area contributed by atoms with E-state index in [9.17, 15) is 19.3 Å². The van der Waals surface area contributed by atoms with Crippen LogP contribution >= 0.6 is 15.9 Å². The lowest BCUT2D eigenvalue weighted by atomic mass is 10.1. The van der Waals surface area contributed by atoms with Crippen molar-refractivity contribution in [1.82, 2.24) is 0 Å². The van der Waals surface area contributed by atoms with Crippen LogP contribution in [0.3, 0.4) is 0 Å². The zero-order valence-corrected chi connectivity index (χ0v) is 15.6. The maximum Gasteiger partial charge on any atom is 0.296 e. The number of carbonyl (C=O) groups is 1. The lowest BCUT2D eigenvalue weighted by Crippen LogP contribution is -2.15. The normalized spacial score (nSPS) is 10.3. The van der Waals surface area contributed by atoms with E-state index in [0.29, 0.717) is 11.1 Å². The Hall–Kier alpha value is -2.68. The summed E-state index contributed by atoms with van der Waals surface area (Å²) in [6.45, 7) is 4.05. The van der Waals surface area contributed by atoms with Gasteiger partial charge in [0.1, 0.15) is 11.5 Å². The van der Waals surface area contributed by atoms with E-state index in [0.717, 1.165) is 6.07 Å². The standard InChI is InChI=1S/C17H16BrFN2O5/c1-3-25-15-8-13(14(21(23)24)9-16(15)26-4-2)20-17(22)11-7-10(18)5-6-12(11)19/h5-9H,3-4H2,1-2H3,(H,20,22). The Bertz CT molecular complexity index is 844. The van der Waals surface area contributed by atoms with Crippen LogP contribution in [0, 0.1) is 15.9 Å². The molecule has 0 aliphatic rings. The molecule has 0 aromatic heterocycles. The zero-order chi connectivity index (χ0) is 19.3. The number of hydrogen-bond acceptors (Lipinski definition) is 5. The maximum atomic E-state index is 13.9. The van der Waals surface area contributed by atoms with Crippen molar-refractivity contribution in [2.45, 2.75) is 13.8 Å². The highest BCUT2D eigenvalue weighted by Gasteiger charge is 2.23. The van der Waals surface area contributed by atoms with Crippen LogP contribution in [-0.4, -0.2) is 24.0 Å². The predicted molar refractivity (Wildman–Crippen MR) is 97.5 cm³/mol. The topological polar surface area (TPSA) is 90.7 Å². The minimum Gasteiger partial charge on any atom is -0.490 e. The first-order valence-corrected chi connectivity index (χ1v) is 8.51. The van der Waals surface area contributed by atoms with Crippen molar-refractivity contribution in [3.63, 3.8) is 0 Å². The fraction of sp³-hybridized carbons (Fsp3) is 0.235. The Balaban J connectivity index is 2.46. The monoisotopic (exact) mass is 426 g/mol. The van der Waals surface area contributed by atoms with Gasteiger partial charge in [-0.1, -0.05) is 15.9 Å². The summed E-state index contributed by atoms with van der Waals surface area (Å²) >= 11 is 3.16. The van der Waals surface area contributed by atoms with Gasteiger partial charge in [-0.25, -0.2) is 4.39 Å². The lowest BCUT2D eigenvalue weighted by Gasteiger charge is -2.14. The molecule has 0 spiro atoms. The van der Waals surface area contributed by atoms with Crippen molar-refractivity contribution in [2.24, 2.45) is 0 Å². The number of hydrogen-bond donors (Lipinski definition) is 1. The molecule has 0 aliphatic heterocycles. The van der Waals surface area contributed by atoms with Gasteiger partial charge in [-0.2, -0.15) is 0 Å². The van der Waals surface area contributed by atoms with Gasteiger partial charge >= 0.3 is 0 Å². The smallest absolute Gasteiger partial charge is 0.296 e. The Morgan fingerprint density at radius 2 is 1.81 bits per heavy atom. The highest BCUT2D eigenvalue weighted by molar-refractivity contribution is 9.10. The molecule has 0 bridgehead atoms. The molecular formula is C17H16BrFN2O5. The van der Waals surface area contributed by atoms with Crippen LogP contribution in [0.5, 0.6) is 11.5 Å². The van der Waals surface area contributed by atoms with Crippen molar-refractivity contribution < 1.29 is 23.6 Å². The second kappa shape index (κ2) is 8.61. The molecule has 7 nitrogen and oxygen atoms in total. The van der Waals surface area contributed by atoms with Gasteiger partial charge in [-0.15, -0.1) is 0 Å². The molecule has 0 unspecified atom stereocenters. The van der Waals surface area contributed by atoms with Crippen LogP contribution in [0.2, 0.25) is 0 Å². The lowest BCUT2D eigenvalue weighted by molar-refractivity contribution is -0.384. The van der Waals surface area contributed by atoms with Crippen molar-refractivity contribution in [1.29, 1.82) is 0 Å². The number of nitro groups is 1. The Morgan fingerprint density at radius 3 is 2.38 bits per heavy atom. The summed E-state index contributed by atoms with van der Waals surface area (Å²) in [5.74, 6) is -1.14. The molecular weight excluding hydrogens is 411 g/mol. The minimum absolute atomic E-state index is 0.119. The summed E-state index contributed by atoms with van der Waals surface area (Å²) in [7, 11) is 0. The van der Waals surface area contributed by atoms with Crippen LogP contribution in [0.15, 0.2) is 34.8 Å². The molecule has 0 saturated carbocycles.